The van der Waals surface area contributed by atoms with E-state index in [-0.39, 0.29) is 17.9 Å². The molecule has 0 aliphatic carbocycles. The lowest BCUT2D eigenvalue weighted by Gasteiger charge is -2.29. The van der Waals surface area contributed by atoms with Crippen molar-refractivity contribution >= 4 is 5.96 Å². The molecule has 26 heavy (non-hydrogen) atoms. The Morgan fingerprint density at radius 2 is 1.88 bits per heavy atom. The number of nitrogens with one attached hydrogen (secondary N) is 2. The number of benzene rings is 1. The van der Waals surface area contributed by atoms with Crippen LogP contribution in [0.2, 0.25) is 0 Å². The van der Waals surface area contributed by atoms with Gasteiger partial charge >= 0.3 is 0 Å². The van der Waals surface area contributed by atoms with Gasteiger partial charge in [0.15, 0.2) is 5.96 Å². The van der Waals surface area contributed by atoms with Crippen LogP contribution in [0, 0.1) is 17.0 Å². The maximum atomic E-state index is 13.9. The lowest BCUT2D eigenvalue weighted by molar-refractivity contribution is 0.175. The van der Waals surface area contributed by atoms with Gasteiger partial charge in [-0.15, -0.1) is 0 Å². The molecule has 0 heterocycles. The minimum absolute atomic E-state index is 0.00815. The lowest BCUT2D eigenvalue weighted by atomic mass is 9.79. The average molecular weight is 370 g/mol. The maximum Gasteiger partial charge on any atom is 0.191 e. The van der Waals surface area contributed by atoms with E-state index in [2.05, 4.69) is 29.5 Å². The first kappa shape index (κ1) is 22.4. The van der Waals surface area contributed by atoms with Crippen LogP contribution < -0.4 is 10.6 Å². The SMILES string of the molecule is CCNC(=NCC(CC)(CC)CCO)NCC(C)c1ccc(F)cc1F. The molecule has 6 heteroatoms. The Bertz CT molecular complexity index is 574. The molecule has 4 nitrogen and oxygen atoms in total. The number of aliphatic imine (C=N–C) groups is 1. The highest BCUT2D eigenvalue weighted by molar-refractivity contribution is 5.79. The van der Waals surface area contributed by atoms with Gasteiger partial charge in [0, 0.05) is 38.2 Å². The van der Waals surface area contributed by atoms with Gasteiger partial charge in [-0.2, -0.15) is 0 Å². The second kappa shape index (κ2) is 11.1. The van der Waals surface area contributed by atoms with E-state index in [4.69, 9.17) is 0 Å². The van der Waals surface area contributed by atoms with Gasteiger partial charge < -0.3 is 15.7 Å². The quantitative estimate of drug-likeness (QED) is 0.434. The molecular formula is C20H33F2N3O. The predicted molar refractivity (Wildman–Crippen MR) is 103 cm³/mol. The number of aliphatic hydroxyl groups excluding tert-OH is 1. The van der Waals surface area contributed by atoms with E-state index in [0.717, 1.165) is 31.9 Å². The van der Waals surface area contributed by atoms with E-state index in [0.29, 0.717) is 24.6 Å². The molecule has 1 atom stereocenters. The molecule has 1 aromatic rings. The smallest absolute Gasteiger partial charge is 0.191 e. The van der Waals surface area contributed by atoms with Gasteiger partial charge in [0.1, 0.15) is 11.6 Å². The zero-order valence-corrected chi connectivity index (χ0v) is 16.4. The first-order valence-electron chi connectivity index (χ1n) is 9.49. The summed E-state index contributed by atoms with van der Waals surface area (Å²) < 4.78 is 27.0. The van der Waals surface area contributed by atoms with Crippen molar-refractivity contribution in [3.8, 4) is 0 Å². The average Bonchev–Trinajstić information content (AvgIpc) is 2.62. The first-order chi connectivity index (χ1) is 12.4. The lowest BCUT2D eigenvalue weighted by Crippen LogP contribution is -2.40. The van der Waals surface area contributed by atoms with Crippen LogP contribution in [0.1, 0.15) is 58.4 Å². The van der Waals surface area contributed by atoms with Crippen molar-refractivity contribution in [1.82, 2.24) is 10.6 Å². The van der Waals surface area contributed by atoms with E-state index in [1.54, 1.807) is 0 Å². The Morgan fingerprint density at radius 1 is 1.19 bits per heavy atom. The van der Waals surface area contributed by atoms with Gasteiger partial charge in [-0.1, -0.05) is 26.8 Å². The van der Waals surface area contributed by atoms with E-state index in [1.807, 2.05) is 13.8 Å². The van der Waals surface area contributed by atoms with Gasteiger partial charge in [-0.3, -0.25) is 4.99 Å². The number of rotatable bonds is 10. The van der Waals surface area contributed by atoms with Crippen LogP contribution in [-0.4, -0.2) is 37.3 Å². The molecule has 0 radical (unpaired) electrons. The summed E-state index contributed by atoms with van der Waals surface area (Å²) in [5.41, 5.74) is 0.470. The molecule has 148 valence electrons. The Labute approximate surface area is 156 Å². The van der Waals surface area contributed by atoms with Gasteiger partial charge in [0.2, 0.25) is 0 Å². The fourth-order valence-corrected chi connectivity index (χ4v) is 2.99. The predicted octanol–water partition coefficient (Wildman–Crippen LogP) is 3.81. The van der Waals surface area contributed by atoms with Crippen molar-refractivity contribution < 1.29 is 13.9 Å². The summed E-state index contributed by atoms with van der Waals surface area (Å²) in [6, 6.07) is 3.68. The second-order valence-corrected chi connectivity index (χ2v) is 6.82. The Kier molecular flexibility index (Phi) is 9.55. The van der Waals surface area contributed by atoms with Gasteiger partial charge in [0.25, 0.3) is 0 Å². The van der Waals surface area contributed by atoms with Crippen molar-refractivity contribution in [2.24, 2.45) is 10.4 Å². The molecule has 0 bridgehead atoms. The summed E-state index contributed by atoms with van der Waals surface area (Å²) in [7, 11) is 0. The van der Waals surface area contributed by atoms with Crippen LogP contribution >= 0.6 is 0 Å². The molecule has 0 aliphatic rings. The molecule has 0 aromatic heterocycles. The van der Waals surface area contributed by atoms with E-state index in [9.17, 15) is 13.9 Å². The normalized spacial score (nSPS) is 13.6. The molecule has 1 unspecified atom stereocenters. The summed E-state index contributed by atoms with van der Waals surface area (Å²) in [5, 5.41) is 15.8. The van der Waals surface area contributed by atoms with Crippen molar-refractivity contribution in [1.29, 1.82) is 0 Å². The van der Waals surface area contributed by atoms with Crippen molar-refractivity contribution in [3.63, 3.8) is 0 Å². The minimum Gasteiger partial charge on any atom is -0.396 e. The fourth-order valence-electron chi connectivity index (χ4n) is 2.99. The van der Waals surface area contributed by atoms with Crippen LogP contribution in [0.3, 0.4) is 0 Å². The van der Waals surface area contributed by atoms with Crippen LogP contribution in [-0.2, 0) is 0 Å². The highest BCUT2D eigenvalue weighted by atomic mass is 19.1. The van der Waals surface area contributed by atoms with Crippen molar-refractivity contribution in [2.75, 3.05) is 26.2 Å². The molecule has 0 amide bonds. The number of halogens is 2. The molecule has 3 N–H and O–H groups in total. The number of guanidine groups is 1. The summed E-state index contributed by atoms with van der Waals surface area (Å²) in [6.45, 7) is 10.1. The minimum atomic E-state index is -0.569. The molecule has 0 spiro atoms. The molecular weight excluding hydrogens is 336 g/mol. The van der Waals surface area contributed by atoms with E-state index < -0.39 is 11.6 Å². The summed E-state index contributed by atoms with van der Waals surface area (Å²) in [6.07, 6.45) is 2.62. The van der Waals surface area contributed by atoms with Crippen molar-refractivity contribution in [3.05, 3.63) is 35.4 Å². The molecule has 0 saturated heterocycles. The van der Waals surface area contributed by atoms with Crippen LogP contribution in [0.4, 0.5) is 8.78 Å². The highest BCUT2D eigenvalue weighted by Crippen LogP contribution is 2.30. The zero-order valence-electron chi connectivity index (χ0n) is 16.4. The van der Waals surface area contributed by atoms with Gasteiger partial charge in [0.05, 0.1) is 0 Å². The Balaban J connectivity index is 2.77. The second-order valence-electron chi connectivity index (χ2n) is 6.82. The Morgan fingerprint density at radius 3 is 2.42 bits per heavy atom. The third-order valence-corrected chi connectivity index (χ3v) is 5.13. The van der Waals surface area contributed by atoms with E-state index >= 15 is 0 Å². The highest BCUT2D eigenvalue weighted by Gasteiger charge is 2.25. The molecule has 0 aliphatic heterocycles. The topological polar surface area (TPSA) is 56.7 Å². The first-order valence-corrected chi connectivity index (χ1v) is 9.49. The summed E-state index contributed by atoms with van der Waals surface area (Å²) in [4.78, 5) is 4.68. The number of hydrogen-bond acceptors (Lipinski definition) is 2. The molecule has 0 saturated carbocycles. The summed E-state index contributed by atoms with van der Waals surface area (Å²) in [5.74, 6) is -0.550. The standard InChI is InChI=1S/C20H33F2N3O/c1-5-20(6-2,10-11-26)14-25-19(23-7-3)24-13-15(4)17-9-8-16(21)12-18(17)22/h8-9,12,15,26H,5-7,10-11,13-14H2,1-4H3,(H2,23,24,25). The van der Waals surface area contributed by atoms with Crippen LogP contribution in [0.5, 0.6) is 0 Å². The van der Waals surface area contributed by atoms with E-state index in [1.165, 1.54) is 12.1 Å². The van der Waals surface area contributed by atoms with Crippen LogP contribution in [0.25, 0.3) is 0 Å². The maximum absolute atomic E-state index is 13.9. The van der Waals surface area contributed by atoms with Gasteiger partial charge in [-0.25, -0.2) is 8.78 Å². The molecule has 0 fully saturated rings. The monoisotopic (exact) mass is 369 g/mol. The third-order valence-electron chi connectivity index (χ3n) is 5.13. The Hall–Kier alpha value is -1.69. The summed E-state index contributed by atoms with van der Waals surface area (Å²) >= 11 is 0. The number of hydrogen-bond donors (Lipinski definition) is 3. The molecule has 1 aromatic carbocycles. The van der Waals surface area contributed by atoms with Crippen molar-refractivity contribution in [2.45, 2.75) is 52.9 Å². The largest absolute Gasteiger partial charge is 0.396 e. The number of aliphatic hydroxyl groups is 1. The van der Waals surface area contributed by atoms with Gasteiger partial charge in [-0.05, 0) is 43.2 Å². The fraction of sp³-hybridized carbons (Fsp3) is 0.650. The molecule has 1 rings (SSSR count). The van der Waals surface area contributed by atoms with Crippen LogP contribution in [0.15, 0.2) is 23.2 Å². The zero-order chi connectivity index (χ0) is 19.6. The third kappa shape index (κ3) is 6.56. The number of nitrogens with zero attached hydrogens (tertiary/aromatic N) is 1.